The number of benzene rings is 3. The van der Waals surface area contributed by atoms with Gasteiger partial charge in [0.1, 0.15) is 6.54 Å². The Morgan fingerprint density at radius 2 is 1.61 bits per heavy atom. The molecule has 4 aromatic rings. The summed E-state index contributed by atoms with van der Waals surface area (Å²) < 4.78 is 2.15. The van der Waals surface area contributed by atoms with Gasteiger partial charge >= 0.3 is 0 Å². The summed E-state index contributed by atoms with van der Waals surface area (Å²) in [5.74, 6) is -0.327. The standard InChI is InChI=1S/C26H23N3O2/c1-17-24(21-14-8-9-15-22(21)28(17)2)25-19-12-6-7-13-20(19)26(31)29(25)16-23(30)27-18-10-4-3-5-11-18/h3-15,25H,16H2,1-2H3,(H,27,30). The predicted octanol–water partition coefficient (Wildman–Crippen LogP) is 4.67. The second-order valence-electron chi connectivity index (χ2n) is 7.91. The molecule has 0 saturated heterocycles. The van der Waals surface area contributed by atoms with Crippen molar-refractivity contribution in [2.24, 2.45) is 7.05 Å². The zero-order valence-corrected chi connectivity index (χ0v) is 17.5. The van der Waals surface area contributed by atoms with Crippen LogP contribution in [-0.2, 0) is 11.8 Å². The van der Waals surface area contributed by atoms with Crippen LogP contribution in [0, 0.1) is 6.92 Å². The molecule has 31 heavy (non-hydrogen) atoms. The fourth-order valence-corrected chi connectivity index (χ4v) is 4.62. The molecule has 3 aromatic carbocycles. The van der Waals surface area contributed by atoms with E-state index in [0.717, 1.165) is 33.4 Å². The van der Waals surface area contributed by atoms with Gasteiger partial charge in [0, 0.05) is 40.5 Å². The normalized spacial score (nSPS) is 15.4. The number of para-hydroxylation sites is 2. The summed E-state index contributed by atoms with van der Waals surface area (Å²) >= 11 is 0. The van der Waals surface area contributed by atoms with Crippen LogP contribution >= 0.6 is 0 Å². The van der Waals surface area contributed by atoms with E-state index < -0.39 is 0 Å². The minimum Gasteiger partial charge on any atom is -0.348 e. The van der Waals surface area contributed by atoms with E-state index in [0.29, 0.717) is 5.56 Å². The average molecular weight is 409 g/mol. The fourth-order valence-electron chi connectivity index (χ4n) is 4.62. The molecule has 1 aliphatic rings. The van der Waals surface area contributed by atoms with E-state index >= 15 is 0 Å². The van der Waals surface area contributed by atoms with Gasteiger partial charge in [0.2, 0.25) is 5.91 Å². The maximum Gasteiger partial charge on any atom is 0.255 e. The molecule has 1 atom stereocenters. The number of aryl methyl sites for hydroxylation is 1. The number of carbonyl (C=O) groups excluding carboxylic acids is 2. The Hall–Kier alpha value is -3.86. The number of carbonyl (C=O) groups is 2. The highest BCUT2D eigenvalue weighted by atomic mass is 16.2. The van der Waals surface area contributed by atoms with Gasteiger partial charge in [-0.2, -0.15) is 0 Å². The molecule has 5 nitrogen and oxygen atoms in total. The number of aromatic nitrogens is 1. The quantitative estimate of drug-likeness (QED) is 0.533. The molecular formula is C26H23N3O2. The molecule has 0 radical (unpaired) electrons. The Balaban J connectivity index is 1.59. The van der Waals surface area contributed by atoms with Gasteiger partial charge in [0.25, 0.3) is 5.91 Å². The Kier molecular flexibility index (Phi) is 4.59. The molecule has 154 valence electrons. The van der Waals surface area contributed by atoms with E-state index in [2.05, 4.69) is 28.9 Å². The number of nitrogens with zero attached hydrogens (tertiary/aromatic N) is 2. The molecule has 1 aliphatic heterocycles. The molecule has 0 bridgehead atoms. The van der Waals surface area contributed by atoms with Crippen molar-refractivity contribution in [3.63, 3.8) is 0 Å². The van der Waals surface area contributed by atoms with Gasteiger partial charge in [0.05, 0.1) is 6.04 Å². The van der Waals surface area contributed by atoms with Crippen molar-refractivity contribution in [1.82, 2.24) is 9.47 Å². The molecule has 0 fully saturated rings. The molecule has 0 spiro atoms. The lowest BCUT2D eigenvalue weighted by molar-refractivity contribution is -0.117. The van der Waals surface area contributed by atoms with Gasteiger partial charge in [-0.15, -0.1) is 0 Å². The van der Waals surface area contributed by atoms with Crippen LogP contribution in [0.5, 0.6) is 0 Å². The van der Waals surface area contributed by atoms with Gasteiger partial charge in [-0.25, -0.2) is 0 Å². The van der Waals surface area contributed by atoms with E-state index in [1.165, 1.54) is 0 Å². The second kappa shape index (κ2) is 7.43. The van der Waals surface area contributed by atoms with Crippen LogP contribution in [0.2, 0.25) is 0 Å². The third kappa shape index (κ3) is 3.10. The third-order valence-electron chi connectivity index (χ3n) is 6.15. The number of fused-ring (bicyclic) bond motifs is 2. The van der Waals surface area contributed by atoms with Crippen molar-refractivity contribution in [3.05, 3.63) is 101 Å². The van der Waals surface area contributed by atoms with Crippen LogP contribution in [0.15, 0.2) is 78.9 Å². The summed E-state index contributed by atoms with van der Waals surface area (Å²) in [5.41, 5.74) is 5.59. The van der Waals surface area contributed by atoms with Crippen LogP contribution in [0.1, 0.15) is 33.2 Å². The smallest absolute Gasteiger partial charge is 0.255 e. The molecule has 2 heterocycles. The summed E-state index contributed by atoms with van der Waals surface area (Å²) in [5, 5.41) is 4.01. The highest BCUT2D eigenvalue weighted by Crippen LogP contribution is 2.43. The summed E-state index contributed by atoms with van der Waals surface area (Å²) in [4.78, 5) is 27.9. The highest BCUT2D eigenvalue weighted by Gasteiger charge is 2.40. The van der Waals surface area contributed by atoms with Gasteiger partial charge in [-0.05, 0) is 36.8 Å². The molecule has 5 rings (SSSR count). The topological polar surface area (TPSA) is 54.3 Å². The zero-order valence-electron chi connectivity index (χ0n) is 17.5. The summed E-state index contributed by atoms with van der Waals surface area (Å²) in [6.45, 7) is 2.05. The van der Waals surface area contributed by atoms with Gasteiger partial charge in [-0.3, -0.25) is 9.59 Å². The van der Waals surface area contributed by atoms with E-state index in [4.69, 9.17) is 0 Å². The average Bonchev–Trinajstić information content (AvgIpc) is 3.20. The number of anilines is 1. The number of nitrogens with one attached hydrogen (secondary N) is 1. The van der Waals surface area contributed by atoms with Crippen LogP contribution in [0.4, 0.5) is 5.69 Å². The maximum absolute atomic E-state index is 13.4. The molecule has 2 amide bonds. The zero-order chi connectivity index (χ0) is 21.5. The van der Waals surface area contributed by atoms with E-state index in [1.54, 1.807) is 4.90 Å². The van der Waals surface area contributed by atoms with Crippen molar-refractivity contribution in [2.75, 3.05) is 11.9 Å². The first-order valence-electron chi connectivity index (χ1n) is 10.3. The fraction of sp³-hybridized carbons (Fsp3) is 0.154. The van der Waals surface area contributed by atoms with Crippen molar-refractivity contribution < 1.29 is 9.59 Å². The lowest BCUT2D eigenvalue weighted by Gasteiger charge is -2.26. The number of hydrogen-bond donors (Lipinski definition) is 1. The summed E-state index contributed by atoms with van der Waals surface area (Å²) in [7, 11) is 2.04. The Labute approximate surface area is 180 Å². The summed E-state index contributed by atoms with van der Waals surface area (Å²) in [6.07, 6.45) is 0. The van der Waals surface area contributed by atoms with Crippen LogP contribution in [0.3, 0.4) is 0 Å². The molecule has 0 saturated carbocycles. The molecular weight excluding hydrogens is 386 g/mol. The molecule has 1 N–H and O–H groups in total. The van der Waals surface area contributed by atoms with Gasteiger partial charge in [0.15, 0.2) is 0 Å². The Morgan fingerprint density at radius 1 is 0.935 bits per heavy atom. The van der Waals surface area contributed by atoms with Crippen molar-refractivity contribution in [1.29, 1.82) is 0 Å². The largest absolute Gasteiger partial charge is 0.348 e. The monoisotopic (exact) mass is 409 g/mol. The highest BCUT2D eigenvalue weighted by molar-refractivity contribution is 6.04. The van der Waals surface area contributed by atoms with Crippen molar-refractivity contribution in [2.45, 2.75) is 13.0 Å². The third-order valence-corrected chi connectivity index (χ3v) is 6.15. The van der Waals surface area contributed by atoms with E-state index in [1.807, 2.05) is 73.8 Å². The van der Waals surface area contributed by atoms with Crippen molar-refractivity contribution in [3.8, 4) is 0 Å². The lowest BCUT2D eigenvalue weighted by Crippen LogP contribution is -2.36. The molecule has 1 unspecified atom stereocenters. The minimum absolute atomic E-state index is 0.0181. The SMILES string of the molecule is Cc1c(C2c3ccccc3C(=O)N2CC(=O)Nc2ccccc2)c2ccccc2n1C. The summed E-state index contributed by atoms with van der Waals surface area (Å²) in [6, 6.07) is 24.9. The van der Waals surface area contributed by atoms with Crippen molar-refractivity contribution >= 4 is 28.4 Å². The Bertz CT molecular complexity index is 1310. The van der Waals surface area contributed by atoms with Crippen LogP contribution in [-0.4, -0.2) is 27.8 Å². The first-order chi connectivity index (χ1) is 15.1. The predicted molar refractivity (Wildman–Crippen MR) is 122 cm³/mol. The van der Waals surface area contributed by atoms with E-state index in [9.17, 15) is 9.59 Å². The number of amides is 2. The van der Waals surface area contributed by atoms with Gasteiger partial charge in [-0.1, -0.05) is 54.6 Å². The Morgan fingerprint density at radius 3 is 2.42 bits per heavy atom. The number of hydrogen-bond acceptors (Lipinski definition) is 2. The molecule has 0 aliphatic carbocycles. The van der Waals surface area contributed by atoms with Crippen LogP contribution in [0.25, 0.3) is 10.9 Å². The minimum atomic E-state index is -0.309. The van der Waals surface area contributed by atoms with E-state index in [-0.39, 0.29) is 24.4 Å². The maximum atomic E-state index is 13.4. The van der Waals surface area contributed by atoms with Gasteiger partial charge < -0.3 is 14.8 Å². The van der Waals surface area contributed by atoms with Crippen LogP contribution < -0.4 is 5.32 Å². The number of rotatable bonds is 4. The first kappa shape index (κ1) is 19.1. The molecule has 5 heteroatoms. The molecule has 1 aromatic heterocycles. The lowest BCUT2D eigenvalue weighted by atomic mass is 9.95. The first-order valence-corrected chi connectivity index (χ1v) is 10.3. The second-order valence-corrected chi connectivity index (χ2v) is 7.91.